The fourth-order valence-electron chi connectivity index (χ4n) is 4.59. The van der Waals surface area contributed by atoms with Crippen molar-refractivity contribution < 1.29 is 29.0 Å². The highest BCUT2D eigenvalue weighted by molar-refractivity contribution is 9.10. The molecule has 0 saturated carbocycles. The zero-order valence-electron chi connectivity index (χ0n) is 21.2. The number of fused-ring (bicyclic) bond motifs is 1. The predicted molar refractivity (Wildman–Crippen MR) is 144 cm³/mol. The molecule has 3 N–H and O–H groups in total. The number of anilines is 1. The standard InChI is InChI=1S/C26H23BrFN7O5/c1-12(36)22-16-8-14(15-9-29-13(2)30-10-15)6-7-17(16)34(33-22)11-20(37)35-23(24(38)21(28)26(35)40)25(39)32-19-5-3-4-18(27)31-19/h3-10,21,23-24,26,38,40H,11H2,1-2H3,(H,31,32,39)/t21-,23+,24?,26?/m1/s1. The number of ketones is 1. The second-order valence-corrected chi connectivity index (χ2v) is 10.1. The number of alkyl halides is 1. The molecule has 2 unspecified atom stereocenters. The van der Waals surface area contributed by atoms with Gasteiger partial charge in [-0.25, -0.2) is 19.3 Å². The van der Waals surface area contributed by atoms with Crippen LogP contribution in [0.15, 0.2) is 53.4 Å². The number of hydrogen-bond donors (Lipinski definition) is 3. The molecule has 4 heterocycles. The average molecular weight is 612 g/mol. The van der Waals surface area contributed by atoms with Crippen LogP contribution in [0.4, 0.5) is 10.2 Å². The smallest absolute Gasteiger partial charge is 0.251 e. The Morgan fingerprint density at radius 1 is 1.10 bits per heavy atom. The molecule has 4 atom stereocenters. The molecule has 14 heteroatoms. The number of amides is 2. The van der Waals surface area contributed by atoms with Crippen LogP contribution in [0.2, 0.25) is 0 Å². The maximum atomic E-state index is 14.7. The Morgan fingerprint density at radius 2 is 1.82 bits per heavy atom. The zero-order valence-corrected chi connectivity index (χ0v) is 22.8. The van der Waals surface area contributed by atoms with Crippen molar-refractivity contribution in [3.05, 3.63) is 64.9 Å². The molecular weight excluding hydrogens is 589 g/mol. The highest BCUT2D eigenvalue weighted by atomic mass is 79.9. The molecule has 1 fully saturated rings. The molecule has 1 aliphatic heterocycles. The number of halogens is 2. The van der Waals surface area contributed by atoms with Crippen LogP contribution in [0.5, 0.6) is 0 Å². The van der Waals surface area contributed by atoms with Crippen LogP contribution in [0.1, 0.15) is 23.2 Å². The molecule has 0 aliphatic carbocycles. The topological polar surface area (TPSA) is 163 Å². The van der Waals surface area contributed by atoms with E-state index < -0.39 is 42.9 Å². The number of likely N-dealkylation sites (tertiary alicyclic amines) is 1. The number of pyridine rings is 1. The third kappa shape index (κ3) is 5.08. The number of aliphatic hydroxyl groups excluding tert-OH is 2. The molecule has 1 aliphatic rings. The molecule has 0 radical (unpaired) electrons. The Hall–Kier alpha value is -4.14. The minimum Gasteiger partial charge on any atom is -0.387 e. The first kappa shape index (κ1) is 27.4. The summed E-state index contributed by atoms with van der Waals surface area (Å²) >= 11 is 3.17. The van der Waals surface area contributed by atoms with Gasteiger partial charge in [0, 0.05) is 30.3 Å². The summed E-state index contributed by atoms with van der Waals surface area (Å²) in [6.07, 6.45) is -3.08. The number of aromatic nitrogens is 5. The number of benzene rings is 1. The number of nitrogens with one attached hydrogen (secondary N) is 1. The normalized spacial score (nSPS) is 20.6. The summed E-state index contributed by atoms with van der Waals surface area (Å²) in [6.45, 7) is 2.54. The van der Waals surface area contributed by atoms with Crippen LogP contribution in [-0.2, 0) is 16.1 Å². The number of hydrogen-bond acceptors (Lipinski definition) is 9. The first-order chi connectivity index (χ1) is 19.0. The van der Waals surface area contributed by atoms with Gasteiger partial charge in [-0.05, 0) is 52.7 Å². The quantitative estimate of drug-likeness (QED) is 0.218. The van der Waals surface area contributed by atoms with Crippen molar-refractivity contribution in [2.24, 2.45) is 0 Å². The molecule has 1 aromatic carbocycles. The van der Waals surface area contributed by atoms with Gasteiger partial charge in [0.25, 0.3) is 5.91 Å². The number of carbonyl (C=O) groups is 3. The van der Waals surface area contributed by atoms with Crippen molar-refractivity contribution in [2.75, 3.05) is 5.32 Å². The SMILES string of the molecule is CC(=O)c1nn(CC(=O)N2C(O)[C@H](F)C(O)[C@H]2C(=O)Nc2cccc(Br)n2)c2ccc(-c3cnc(C)nc3)cc12. The van der Waals surface area contributed by atoms with Crippen LogP contribution in [-0.4, -0.2) is 82.0 Å². The summed E-state index contributed by atoms with van der Waals surface area (Å²) in [5.41, 5.74) is 1.94. The van der Waals surface area contributed by atoms with Gasteiger partial charge in [-0.3, -0.25) is 24.0 Å². The molecule has 206 valence electrons. The van der Waals surface area contributed by atoms with Gasteiger partial charge in [0.1, 0.15) is 40.6 Å². The number of aryl methyl sites for hydroxylation is 1. The van der Waals surface area contributed by atoms with E-state index in [2.05, 4.69) is 41.3 Å². The minimum absolute atomic E-state index is 0.0923. The van der Waals surface area contributed by atoms with Crippen LogP contribution in [0.25, 0.3) is 22.0 Å². The molecule has 1 saturated heterocycles. The number of Topliss-reactive ketones (excluding diaryl/α,β-unsaturated/α-hetero) is 1. The third-order valence-corrected chi connectivity index (χ3v) is 6.97. The van der Waals surface area contributed by atoms with Crippen molar-refractivity contribution in [2.45, 2.75) is 44.9 Å². The molecule has 3 aromatic heterocycles. The van der Waals surface area contributed by atoms with Crippen LogP contribution in [0.3, 0.4) is 0 Å². The summed E-state index contributed by atoms with van der Waals surface area (Å²) in [6, 6.07) is 8.07. The summed E-state index contributed by atoms with van der Waals surface area (Å²) in [5, 5.41) is 28.1. The van der Waals surface area contributed by atoms with E-state index in [1.165, 1.54) is 17.7 Å². The van der Waals surface area contributed by atoms with Crippen molar-refractivity contribution in [1.82, 2.24) is 29.6 Å². The van der Waals surface area contributed by atoms with E-state index in [1.807, 2.05) is 0 Å². The fraction of sp³-hybridized carbons (Fsp3) is 0.269. The maximum Gasteiger partial charge on any atom is 0.251 e. The van der Waals surface area contributed by atoms with E-state index >= 15 is 0 Å². The van der Waals surface area contributed by atoms with E-state index in [0.717, 1.165) is 5.56 Å². The van der Waals surface area contributed by atoms with Crippen LogP contribution in [0, 0.1) is 6.92 Å². The van der Waals surface area contributed by atoms with E-state index in [4.69, 9.17) is 0 Å². The third-order valence-electron chi connectivity index (χ3n) is 6.53. The van der Waals surface area contributed by atoms with E-state index in [1.54, 1.807) is 49.6 Å². The number of aliphatic hydroxyl groups is 2. The van der Waals surface area contributed by atoms with Gasteiger partial charge < -0.3 is 15.5 Å². The van der Waals surface area contributed by atoms with Gasteiger partial charge >= 0.3 is 0 Å². The molecule has 5 rings (SSSR count). The fourth-order valence-corrected chi connectivity index (χ4v) is 4.93. The molecule has 2 amide bonds. The average Bonchev–Trinajstić information content (AvgIpc) is 3.39. The largest absolute Gasteiger partial charge is 0.387 e. The lowest BCUT2D eigenvalue weighted by atomic mass is 10.0. The summed E-state index contributed by atoms with van der Waals surface area (Å²) in [5.74, 6) is -1.50. The molecule has 0 spiro atoms. The predicted octanol–water partition coefficient (Wildman–Crippen LogP) is 2.03. The van der Waals surface area contributed by atoms with E-state index in [9.17, 15) is 29.0 Å². The first-order valence-electron chi connectivity index (χ1n) is 12.1. The van der Waals surface area contributed by atoms with Crippen LogP contribution < -0.4 is 5.32 Å². The highest BCUT2D eigenvalue weighted by Crippen LogP contribution is 2.30. The first-order valence-corrected chi connectivity index (χ1v) is 12.9. The Labute approximate surface area is 235 Å². The Bertz CT molecular complexity index is 1630. The lowest BCUT2D eigenvalue weighted by Crippen LogP contribution is -2.51. The number of nitrogens with zero attached hydrogens (tertiary/aromatic N) is 6. The summed E-state index contributed by atoms with van der Waals surface area (Å²) in [4.78, 5) is 51.9. The van der Waals surface area contributed by atoms with Crippen molar-refractivity contribution in [3.8, 4) is 11.1 Å². The molecular formula is C26H23BrFN7O5. The Morgan fingerprint density at radius 3 is 2.50 bits per heavy atom. The minimum atomic E-state index is -2.29. The summed E-state index contributed by atoms with van der Waals surface area (Å²) in [7, 11) is 0. The van der Waals surface area contributed by atoms with E-state index in [-0.39, 0.29) is 17.3 Å². The molecule has 40 heavy (non-hydrogen) atoms. The second-order valence-electron chi connectivity index (χ2n) is 9.24. The van der Waals surface area contributed by atoms with Gasteiger partial charge in [-0.1, -0.05) is 12.1 Å². The van der Waals surface area contributed by atoms with Crippen molar-refractivity contribution in [1.29, 1.82) is 0 Å². The number of rotatable bonds is 6. The van der Waals surface area contributed by atoms with Gasteiger partial charge in [-0.2, -0.15) is 5.10 Å². The van der Waals surface area contributed by atoms with E-state index in [0.29, 0.717) is 31.8 Å². The Balaban J connectivity index is 1.46. The lowest BCUT2D eigenvalue weighted by molar-refractivity contribution is -0.147. The summed E-state index contributed by atoms with van der Waals surface area (Å²) < 4.78 is 16.3. The zero-order chi connectivity index (χ0) is 28.7. The van der Waals surface area contributed by atoms with Crippen molar-refractivity contribution in [3.63, 3.8) is 0 Å². The van der Waals surface area contributed by atoms with Crippen molar-refractivity contribution >= 4 is 50.2 Å². The number of carbonyl (C=O) groups excluding carboxylic acids is 3. The monoisotopic (exact) mass is 611 g/mol. The van der Waals surface area contributed by atoms with Crippen LogP contribution >= 0.6 is 15.9 Å². The lowest BCUT2D eigenvalue weighted by Gasteiger charge is -2.27. The highest BCUT2D eigenvalue weighted by Gasteiger charge is 2.53. The maximum absolute atomic E-state index is 14.7. The van der Waals surface area contributed by atoms with Gasteiger partial charge in [0.05, 0.1) is 5.52 Å². The van der Waals surface area contributed by atoms with Gasteiger partial charge in [-0.15, -0.1) is 0 Å². The van der Waals surface area contributed by atoms with Gasteiger partial charge in [0.15, 0.2) is 18.2 Å². The molecule has 0 bridgehead atoms. The van der Waals surface area contributed by atoms with Gasteiger partial charge in [0.2, 0.25) is 5.91 Å². The second kappa shape index (κ2) is 10.8. The Kier molecular flexibility index (Phi) is 7.40. The molecule has 4 aromatic rings. The molecule has 12 nitrogen and oxygen atoms in total.